The second-order valence-corrected chi connectivity index (χ2v) is 20.5. The highest BCUT2D eigenvalue weighted by Crippen LogP contribution is 2.23. The summed E-state index contributed by atoms with van der Waals surface area (Å²) in [7, 11) is 0. The van der Waals surface area contributed by atoms with E-state index in [0.717, 1.165) is 38.5 Å². The Kier molecular flexibility index (Phi) is 45.4. The van der Waals surface area contributed by atoms with Gasteiger partial charge in [-0.1, -0.05) is 276 Å². The first-order chi connectivity index (χ1) is 32.3. The lowest BCUT2D eigenvalue weighted by molar-refractivity contribution is -0.302. The van der Waals surface area contributed by atoms with Crippen LogP contribution in [0.4, 0.5) is 0 Å². The zero-order valence-corrected chi connectivity index (χ0v) is 43.5. The number of rotatable bonds is 50. The Bertz CT molecular complexity index is 1040. The van der Waals surface area contributed by atoms with Gasteiger partial charge in [-0.25, -0.2) is 0 Å². The molecule has 1 amide bonds. The second kappa shape index (κ2) is 47.6. The van der Waals surface area contributed by atoms with Gasteiger partial charge >= 0.3 is 0 Å². The summed E-state index contributed by atoms with van der Waals surface area (Å²) >= 11 is 0. The van der Waals surface area contributed by atoms with Gasteiger partial charge in [0.2, 0.25) is 5.91 Å². The molecule has 7 atom stereocenters. The SMILES string of the molecule is CCCCCCCCCCCCCCCCCCCCCC/C=C/C(O)C(COC1OC(CO)C(O)C(O)C1O)NC(=O)CCCCCCCCCCCCCCCCCCCCCCC. The summed E-state index contributed by atoms with van der Waals surface area (Å²) in [4.78, 5) is 13.1. The summed E-state index contributed by atoms with van der Waals surface area (Å²) in [5, 5.41) is 54.5. The minimum Gasteiger partial charge on any atom is -0.394 e. The number of carbonyl (C=O) groups is 1. The van der Waals surface area contributed by atoms with Crippen molar-refractivity contribution in [3.05, 3.63) is 12.2 Å². The fourth-order valence-corrected chi connectivity index (χ4v) is 9.51. The lowest BCUT2D eigenvalue weighted by Gasteiger charge is -2.40. The third-order valence-corrected chi connectivity index (χ3v) is 14.1. The zero-order chi connectivity index (χ0) is 48.0. The molecule has 1 saturated heterocycles. The van der Waals surface area contributed by atoms with Crippen molar-refractivity contribution in [2.24, 2.45) is 0 Å². The molecule has 0 bridgehead atoms. The molecule has 6 N–H and O–H groups in total. The number of amides is 1. The van der Waals surface area contributed by atoms with Crippen LogP contribution in [0.25, 0.3) is 0 Å². The number of carbonyl (C=O) groups excluding carboxylic acids is 1. The summed E-state index contributed by atoms with van der Waals surface area (Å²) < 4.78 is 11.3. The van der Waals surface area contributed by atoms with Gasteiger partial charge in [-0.05, 0) is 19.3 Å². The fourth-order valence-electron chi connectivity index (χ4n) is 9.51. The van der Waals surface area contributed by atoms with Gasteiger partial charge in [-0.2, -0.15) is 0 Å². The van der Waals surface area contributed by atoms with Gasteiger partial charge < -0.3 is 40.3 Å². The molecule has 0 spiro atoms. The topological polar surface area (TPSA) is 149 Å². The van der Waals surface area contributed by atoms with Gasteiger partial charge in [0, 0.05) is 6.42 Å². The molecule has 1 aliphatic heterocycles. The van der Waals surface area contributed by atoms with E-state index in [9.17, 15) is 30.3 Å². The number of nitrogens with one attached hydrogen (secondary N) is 1. The average molecular weight is 939 g/mol. The standard InChI is InChI=1S/C57H111NO8/c1-3-5-7-9-11-13-15-17-19-21-23-25-27-28-30-32-34-36-38-40-42-44-46-51(60)50(49-65-57-56(64)55(63)54(62)52(48-59)66-57)58-53(61)47-45-43-41-39-37-35-33-31-29-26-24-22-20-18-16-14-12-10-8-6-4-2/h44,46,50-52,54-57,59-60,62-64H,3-43,45,47-49H2,1-2H3,(H,58,61)/b46-44+. The maximum absolute atomic E-state index is 13.1. The summed E-state index contributed by atoms with van der Waals surface area (Å²) in [6.07, 6.45) is 51.3. The van der Waals surface area contributed by atoms with Crippen molar-refractivity contribution in [2.45, 2.75) is 333 Å². The van der Waals surface area contributed by atoms with E-state index < -0.39 is 49.5 Å². The van der Waals surface area contributed by atoms with Crippen molar-refractivity contribution in [2.75, 3.05) is 13.2 Å². The fraction of sp³-hybridized carbons (Fsp3) is 0.947. The van der Waals surface area contributed by atoms with Crippen LogP contribution in [0.15, 0.2) is 12.2 Å². The Morgan fingerprint density at radius 2 is 0.833 bits per heavy atom. The van der Waals surface area contributed by atoms with Crippen LogP contribution in [-0.2, 0) is 14.3 Å². The molecule has 9 heteroatoms. The van der Waals surface area contributed by atoms with Crippen LogP contribution in [0.1, 0.15) is 290 Å². The number of ether oxygens (including phenoxy) is 2. The third kappa shape index (κ3) is 36.9. The van der Waals surface area contributed by atoms with E-state index in [0.29, 0.717) is 6.42 Å². The van der Waals surface area contributed by atoms with Crippen LogP contribution in [0.3, 0.4) is 0 Å². The molecule has 0 radical (unpaired) electrons. The number of hydrogen-bond acceptors (Lipinski definition) is 8. The Hall–Kier alpha value is -1.07. The summed E-state index contributed by atoms with van der Waals surface area (Å²) in [6.45, 7) is 3.82. The molecule has 1 aliphatic rings. The molecule has 392 valence electrons. The van der Waals surface area contributed by atoms with Gasteiger partial charge in [0.25, 0.3) is 0 Å². The van der Waals surface area contributed by atoms with E-state index in [4.69, 9.17) is 9.47 Å². The molecule has 1 rings (SSSR count). The summed E-state index contributed by atoms with van der Waals surface area (Å²) in [6, 6.07) is -0.800. The quantitative estimate of drug-likeness (QED) is 0.0261. The van der Waals surface area contributed by atoms with E-state index in [1.165, 1.54) is 231 Å². The second-order valence-electron chi connectivity index (χ2n) is 20.5. The van der Waals surface area contributed by atoms with Gasteiger partial charge in [0.1, 0.15) is 24.4 Å². The van der Waals surface area contributed by atoms with Crippen LogP contribution in [-0.4, -0.2) is 87.5 Å². The van der Waals surface area contributed by atoms with E-state index in [1.54, 1.807) is 6.08 Å². The molecule has 9 nitrogen and oxygen atoms in total. The molecule has 66 heavy (non-hydrogen) atoms. The maximum Gasteiger partial charge on any atom is 0.220 e. The van der Waals surface area contributed by atoms with Crippen LogP contribution in [0.5, 0.6) is 0 Å². The number of hydrogen-bond donors (Lipinski definition) is 6. The molecule has 0 aromatic heterocycles. The Morgan fingerprint density at radius 1 is 0.500 bits per heavy atom. The summed E-state index contributed by atoms with van der Waals surface area (Å²) in [5.74, 6) is -0.170. The molecule has 7 unspecified atom stereocenters. The van der Waals surface area contributed by atoms with E-state index in [-0.39, 0.29) is 12.5 Å². The van der Waals surface area contributed by atoms with Crippen molar-refractivity contribution in [1.29, 1.82) is 0 Å². The van der Waals surface area contributed by atoms with Crippen molar-refractivity contribution >= 4 is 5.91 Å². The average Bonchev–Trinajstić information content (AvgIpc) is 3.32. The number of unbranched alkanes of at least 4 members (excludes halogenated alkanes) is 40. The highest BCUT2D eigenvalue weighted by Gasteiger charge is 2.44. The van der Waals surface area contributed by atoms with E-state index >= 15 is 0 Å². The highest BCUT2D eigenvalue weighted by atomic mass is 16.7. The predicted molar refractivity (Wildman–Crippen MR) is 277 cm³/mol. The minimum atomic E-state index is -1.56. The molecule has 0 saturated carbocycles. The minimum absolute atomic E-state index is 0.170. The normalized spacial score (nSPS) is 19.8. The largest absolute Gasteiger partial charge is 0.394 e. The van der Waals surface area contributed by atoms with Crippen molar-refractivity contribution in [3.63, 3.8) is 0 Å². The molecule has 1 fully saturated rings. The first kappa shape index (κ1) is 62.9. The molecule has 1 heterocycles. The molecule has 0 aromatic rings. The van der Waals surface area contributed by atoms with Gasteiger partial charge in [0.05, 0.1) is 25.4 Å². The van der Waals surface area contributed by atoms with Crippen LogP contribution < -0.4 is 5.32 Å². The van der Waals surface area contributed by atoms with Crippen LogP contribution in [0, 0.1) is 0 Å². The lowest BCUT2D eigenvalue weighted by atomic mass is 9.99. The molecule has 0 aromatic carbocycles. The zero-order valence-electron chi connectivity index (χ0n) is 43.5. The van der Waals surface area contributed by atoms with Crippen LogP contribution in [0.2, 0.25) is 0 Å². The highest BCUT2D eigenvalue weighted by molar-refractivity contribution is 5.76. The Morgan fingerprint density at radius 3 is 1.18 bits per heavy atom. The smallest absolute Gasteiger partial charge is 0.220 e. The maximum atomic E-state index is 13.1. The molecular weight excluding hydrogens is 827 g/mol. The van der Waals surface area contributed by atoms with Crippen molar-refractivity contribution in [1.82, 2.24) is 5.32 Å². The van der Waals surface area contributed by atoms with Gasteiger partial charge in [-0.3, -0.25) is 4.79 Å². The number of aliphatic hydroxyl groups is 5. The Labute approximate surface area is 407 Å². The molecular formula is C57H111NO8. The van der Waals surface area contributed by atoms with Crippen molar-refractivity contribution < 1.29 is 39.8 Å². The molecule has 0 aliphatic carbocycles. The van der Waals surface area contributed by atoms with Gasteiger partial charge in [-0.15, -0.1) is 0 Å². The predicted octanol–water partition coefficient (Wildman–Crippen LogP) is 14.0. The first-order valence-electron chi connectivity index (χ1n) is 28.9. The Balaban J connectivity index is 2.22. The summed E-state index contributed by atoms with van der Waals surface area (Å²) in [5.41, 5.74) is 0. The van der Waals surface area contributed by atoms with Gasteiger partial charge in [0.15, 0.2) is 6.29 Å². The first-order valence-corrected chi connectivity index (χ1v) is 28.9. The van der Waals surface area contributed by atoms with Crippen LogP contribution >= 0.6 is 0 Å². The monoisotopic (exact) mass is 938 g/mol. The number of allylic oxidation sites excluding steroid dienone is 1. The van der Waals surface area contributed by atoms with E-state index in [2.05, 4.69) is 19.2 Å². The number of aliphatic hydroxyl groups excluding tert-OH is 5. The van der Waals surface area contributed by atoms with E-state index in [1.807, 2.05) is 6.08 Å². The lowest BCUT2D eigenvalue weighted by Crippen LogP contribution is -2.60. The van der Waals surface area contributed by atoms with Crippen molar-refractivity contribution in [3.8, 4) is 0 Å². The third-order valence-electron chi connectivity index (χ3n) is 14.1.